The summed E-state index contributed by atoms with van der Waals surface area (Å²) in [6.07, 6.45) is 2.45. The topological polar surface area (TPSA) is 49.4 Å². The van der Waals surface area contributed by atoms with Crippen LogP contribution in [0.2, 0.25) is 0 Å². The molecule has 2 aromatic rings. The van der Waals surface area contributed by atoms with Crippen molar-refractivity contribution in [1.29, 1.82) is 0 Å². The van der Waals surface area contributed by atoms with Gasteiger partial charge in [-0.3, -0.25) is 4.90 Å². The number of halogens is 1. The maximum Gasteiger partial charge on any atom is 0.211 e. The summed E-state index contributed by atoms with van der Waals surface area (Å²) < 4.78 is 41.4. The molecule has 0 spiro atoms. The Morgan fingerprint density at radius 1 is 1.07 bits per heavy atom. The van der Waals surface area contributed by atoms with Gasteiger partial charge in [-0.25, -0.2) is 17.5 Å². The van der Waals surface area contributed by atoms with Crippen LogP contribution in [0.5, 0.6) is 0 Å². The van der Waals surface area contributed by atoms with E-state index < -0.39 is 10.0 Å². The molecule has 1 fully saturated rings. The third-order valence-corrected chi connectivity index (χ3v) is 6.49. The summed E-state index contributed by atoms with van der Waals surface area (Å²) >= 11 is 0. The van der Waals surface area contributed by atoms with E-state index in [0.29, 0.717) is 12.1 Å². The van der Waals surface area contributed by atoms with Gasteiger partial charge in [-0.2, -0.15) is 0 Å². The van der Waals surface area contributed by atoms with Crippen LogP contribution in [-0.2, 0) is 16.4 Å². The number of aryl methyl sites for hydroxylation is 2. The number of hydrogen-bond acceptors (Lipinski definition) is 3. The number of nitrogens with one attached hydrogen (secondary N) is 1. The monoisotopic (exact) mass is 390 g/mol. The summed E-state index contributed by atoms with van der Waals surface area (Å²) in [4.78, 5) is 2.34. The Hall–Kier alpha value is -1.76. The molecule has 1 atom stereocenters. The molecule has 1 saturated heterocycles. The molecule has 1 aliphatic heterocycles. The van der Waals surface area contributed by atoms with Crippen molar-refractivity contribution < 1.29 is 12.8 Å². The van der Waals surface area contributed by atoms with Crippen LogP contribution >= 0.6 is 0 Å². The highest BCUT2D eigenvalue weighted by Gasteiger charge is 2.25. The molecule has 4 nitrogen and oxygen atoms in total. The molecule has 0 saturated carbocycles. The van der Waals surface area contributed by atoms with Crippen LogP contribution in [0.1, 0.15) is 35.6 Å². The van der Waals surface area contributed by atoms with Crippen molar-refractivity contribution in [3.63, 3.8) is 0 Å². The first-order valence-corrected chi connectivity index (χ1v) is 11.1. The van der Waals surface area contributed by atoms with E-state index in [-0.39, 0.29) is 24.0 Å². The van der Waals surface area contributed by atoms with Gasteiger partial charge in [-0.15, -0.1) is 0 Å². The molecule has 3 rings (SSSR count). The van der Waals surface area contributed by atoms with Crippen LogP contribution in [-0.4, -0.2) is 38.7 Å². The van der Waals surface area contributed by atoms with Gasteiger partial charge in [0.05, 0.1) is 5.75 Å². The van der Waals surface area contributed by atoms with Crippen LogP contribution in [0.25, 0.3) is 0 Å². The van der Waals surface area contributed by atoms with E-state index in [1.165, 1.54) is 11.6 Å². The van der Waals surface area contributed by atoms with Crippen molar-refractivity contribution in [3.05, 3.63) is 71.0 Å². The van der Waals surface area contributed by atoms with Gasteiger partial charge < -0.3 is 0 Å². The van der Waals surface area contributed by atoms with Gasteiger partial charge in [-0.1, -0.05) is 48.0 Å². The van der Waals surface area contributed by atoms with E-state index in [4.69, 9.17) is 0 Å². The quantitative estimate of drug-likeness (QED) is 0.751. The van der Waals surface area contributed by atoms with Crippen molar-refractivity contribution in [2.24, 2.45) is 0 Å². The van der Waals surface area contributed by atoms with Crippen LogP contribution in [0.3, 0.4) is 0 Å². The number of sulfonamides is 1. The maximum absolute atomic E-state index is 13.7. The van der Waals surface area contributed by atoms with Crippen molar-refractivity contribution in [1.82, 2.24) is 9.62 Å². The van der Waals surface area contributed by atoms with E-state index in [2.05, 4.69) is 33.9 Å². The van der Waals surface area contributed by atoms with Crippen LogP contribution in [0.15, 0.2) is 48.5 Å². The molecule has 27 heavy (non-hydrogen) atoms. The molecule has 0 aliphatic carbocycles. The van der Waals surface area contributed by atoms with Crippen molar-refractivity contribution >= 4 is 10.0 Å². The number of hydrogen-bond donors (Lipinski definition) is 1. The molecule has 2 aromatic carbocycles. The van der Waals surface area contributed by atoms with Gasteiger partial charge in [0.1, 0.15) is 5.82 Å². The Balaban J connectivity index is 1.65. The predicted molar refractivity (Wildman–Crippen MR) is 107 cm³/mol. The molecular formula is C21H27FN2O2S. The molecule has 1 unspecified atom stereocenters. The molecule has 0 amide bonds. The third kappa shape index (κ3) is 5.61. The lowest BCUT2D eigenvalue weighted by Crippen LogP contribution is -2.38. The zero-order chi connectivity index (χ0) is 19.3. The smallest absolute Gasteiger partial charge is 0.211 e. The second kappa shape index (κ2) is 8.95. The van der Waals surface area contributed by atoms with Gasteiger partial charge in [0, 0.05) is 12.6 Å². The minimum Gasteiger partial charge on any atom is -0.295 e. The Labute approximate surface area is 161 Å². The van der Waals surface area contributed by atoms with Gasteiger partial charge in [-0.05, 0) is 56.5 Å². The summed E-state index contributed by atoms with van der Waals surface area (Å²) in [6, 6.07) is 14.6. The SMILES string of the molecule is Cc1ccc(C(CNS(=O)(=O)CCc2ccccc2F)N2CCCC2)cc1. The molecular weight excluding hydrogens is 363 g/mol. The van der Waals surface area contributed by atoms with Crippen molar-refractivity contribution in [2.75, 3.05) is 25.4 Å². The maximum atomic E-state index is 13.7. The van der Waals surface area contributed by atoms with Crippen LogP contribution < -0.4 is 4.72 Å². The fraction of sp³-hybridized carbons (Fsp3) is 0.429. The summed E-state index contributed by atoms with van der Waals surface area (Å²) in [5.41, 5.74) is 2.74. The zero-order valence-corrected chi connectivity index (χ0v) is 16.5. The standard InChI is InChI=1S/C21H27FN2O2S/c1-17-8-10-19(11-9-17)21(24-13-4-5-14-24)16-23-27(25,26)15-12-18-6-2-3-7-20(18)22/h2-3,6-11,21,23H,4-5,12-16H2,1H3. The molecule has 0 aromatic heterocycles. The lowest BCUT2D eigenvalue weighted by atomic mass is 10.0. The van der Waals surface area contributed by atoms with Gasteiger partial charge in [0.15, 0.2) is 0 Å². The predicted octanol–water partition coefficient (Wildman–Crippen LogP) is 3.43. The minimum atomic E-state index is -3.48. The van der Waals surface area contributed by atoms with E-state index in [1.807, 2.05) is 6.92 Å². The lowest BCUT2D eigenvalue weighted by molar-refractivity contribution is 0.246. The van der Waals surface area contributed by atoms with Gasteiger partial charge >= 0.3 is 0 Å². The number of benzene rings is 2. The second-order valence-electron chi connectivity index (χ2n) is 7.18. The van der Waals surface area contributed by atoms with Gasteiger partial charge in [0.2, 0.25) is 10.0 Å². The number of rotatable bonds is 8. The van der Waals surface area contributed by atoms with E-state index in [1.54, 1.807) is 18.2 Å². The average Bonchev–Trinajstić information content (AvgIpc) is 3.17. The summed E-state index contributed by atoms with van der Waals surface area (Å²) in [5.74, 6) is -0.475. The summed E-state index contributed by atoms with van der Waals surface area (Å²) in [6.45, 7) is 4.34. The Kier molecular flexibility index (Phi) is 6.63. The van der Waals surface area contributed by atoms with Crippen molar-refractivity contribution in [3.8, 4) is 0 Å². The van der Waals surface area contributed by atoms with Crippen LogP contribution in [0.4, 0.5) is 4.39 Å². The largest absolute Gasteiger partial charge is 0.295 e. The van der Waals surface area contributed by atoms with E-state index in [9.17, 15) is 12.8 Å². The summed E-state index contributed by atoms with van der Waals surface area (Å²) in [7, 11) is -3.48. The van der Waals surface area contributed by atoms with Crippen molar-refractivity contribution in [2.45, 2.75) is 32.2 Å². The van der Waals surface area contributed by atoms with E-state index in [0.717, 1.165) is 31.5 Å². The van der Waals surface area contributed by atoms with Crippen LogP contribution in [0, 0.1) is 12.7 Å². The molecule has 0 radical (unpaired) electrons. The molecule has 0 bridgehead atoms. The second-order valence-corrected chi connectivity index (χ2v) is 9.10. The number of likely N-dealkylation sites (tertiary alicyclic amines) is 1. The van der Waals surface area contributed by atoms with E-state index >= 15 is 0 Å². The molecule has 1 aliphatic rings. The highest BCUT2D eigenvalue weighted by molar-refractivity contribution is 7.89. The molecule has 1 N–H and O–H groups in total. The first-order chi connectivity index (χ1) is 12.9. The Bertz CT molecular complexity index is 847. The lowest BCUT2D eigenvalue weighted by Gasteiger charge is -2.28. The zero-order valence-electron chi connectivity index (χ0n) is 15.7. The Morgan fingerprint density at radius 2 is 1.74 bits per heavy atom. The molecule has 146 valence electrons. The highest BCUT2D eigenvalue weighted by Crippen LogP contribution is 2.25. The summed E-state index contributed by atoms with van der Waals surface area (Å²) in [5, 5.41) is 0. The first kappa shape index (κ1) is 20.0. The third-order valence-electron chi connectivity index (χ3n) is 5.14. The first-order valence-electron chi connectivity index (χ1n) is 9.46. The average molecular weight is 391 g/mol. The fourth-order valence-corrected chi connectivity index (χ4v) is 4.57. The normalized spacial score (nSPS) is 16.5. The number of nitrogens with zero attached hydrogens (tertiary/aromatic N) is 1. The Morgan fingerprint density at radius 3 is 2.41 bits per heavy atom. The fourth-order valence-electron chi connectivity index (χ4n) is 3.52. The highest BCUT2D eigenvalue weighted by atomic mass is 32.2. The van der Waals surface area contributed by atoms with Gasteiger partial charge in [0.25, 0.3) is 0 Å². The minimum absolute atomic E-state index is 0.0244. The molecule has 6 heteroatoms. The molecule has 1 heterocycles.